The minimum atomic E-state index is 0.862. The van der Waals surface area contributed by atoms with Crippen LogP contribution in [0.25, 0.3) is 11.3 Å². The summed E-state index contributed by atoms with van der Waals surface area (Å²) in [6, 6.07) is 10.4. The van der Waals surface area contributed by atoms with Crippen LogP contribution in [0, 0.1) is 0 Å². The van der Waals surface area contributed by atoms with Crippen molar-refractivity contribution in [2.75, 3.05) is 26.2 Å². The maximum atomic E-state index is 4.70. The maximum Gasteiger partial charge on any atom is 0.107 e. The molecule has 0 fully saturated rings. The molecule has 0 spiro atoms. The fourth-order valence-corrected chi connectivity index (χ4v) is 3.08. The van der Waals surface area contributed by atoms with E-state index in [1.165, 1.54) is 18.5 Å². The third-order valence-electron chi connectivity index (χ3n) is 3.49. The van der Waals surface area contributed by atoms with Gasteiger partial charge in [-0.25, -0.2) is 4.98 Å². The Kier molecular flexibility index (Phi) is 6.86. The summed E-state index contributed by atoms with van der Waals surface area (Å²) in [4.78, 5) is 7.17. The van der Waals surface area contributed by atoms with Gasteiger partial charge in [0.1, 0.15) is 5.01 Å². The second-order valence-corrected chi connectivity index (χ2v) is 6.05. The van der Waals surface area contributed by atoms with Crippen LogP contribution >= 0.6 is 11.3 Å². The molecule has 0 aliphatic rings. The van der Waals surface area contributed by atoms with Gasteiger partial charge in [0.05, 0.1) is 5.69 Å². The Labute approximate surface area is 132 Å². The lowest BCUT2D eigenvalue weighted by molar-refractivity contribution is 0.287. The first-order valence-electron chi connectivity index (χ1n) is 7.76. The molecule has 0 atom stereocenters. The minimum Gasteiger partial charge on any atom is -0.309 e. The van der Waals surface area contributed by atoms with Gasteiger partial charge >= 0.3 is 0 Å². The molecule has 1 aromatic heterocycles. The van der Waals surface area contributed by atoms with Gasteiger partial charge in [-0.15, -0.1) is 11.3 Å². The van der Waals surface area contributed by atoms with Crippen LogP contribution in [0.15, 0.2) is 35.7 Å². The first-order valence-corrected chi connectivity index (χ1v) is 8.64. The lowest BCUT2D eigenvalue weighted by Crippen LogP contribution is -2.32. The monoisotopic (exact) mass is 303 g/mol. The van der Waals surface area contributed by atoms with Crippen molar-refractivity contribution in [2.45, 2.75) is 26.8 Å². The summed E-state index contributed by atoms with van der Waals surface area (Å²) in [5.41, 5.74) is 2.28. The van der Waals surface area contributed by atoms with Crippen molar-refractivity contribution in [1.82, 2.24) is 15.2 Å². The lowest BCUT2D eigenvalue weighted by Gasteiger charge is -2.19. The summed E-state index contributed by atoms with van der Waals surface area (Å²) in [5, 5.41) is 6.80. The smallest absolute Gasteiger partial charge is 0.107 e. The largest absolute Gasteiger partial charge is 0.309 e. The molecule has 21 heavy (non-hydrogen) atoms. The maximum absolute atomic E-state index is 4.70. The van der Waals surface area contributed by atoms with E-state index >= 15 is 0 Å². The van der Waals surface area contributed by atoms with E-state index in [-0.39, 0.29) is 0 Å². The van der Waals surface area contributed by atoms with Gasteiger partial charge in [-0.3, -0.25) is 0 Å². The van der Waals surface area contributed by atoms with E-state index in [1.807, 2.05) is 6.07 Å². The summed E-state index contributed by atoms with van der Waals surface area (Å²) < 4.78 is 0. The average Bonchev–Trinajstić information content (AvgIpc) is 3.00. The Morgan fingerprint density at radius 1 is 1.14 bits per heavy atom. The Morgan fingerprint density at radius 2 is 1.95 bits per heavy atom. The average molecular weight is 303 g/mol. The quantitative estimate of drug-likeness (QED) is 0.717. The summed E-state index contributed by atoms with van der Waals surface area (Å²) in [6.45, 7) is 9.77. The lowest BCUT2D eigenvalue weighted by atomic mass is 10.2. The highest BCUT2D eigenvalue weighted by Crippen LogP contribution is 2.21. The normalized spacial score (nSPS) is 11.2. The van der Waals surface area contributed by atoms with Gasteiger partial charge in [0.25, 0.3) is 0 Å². The van der Waals surface area contributed by atoms with Crippen molar-refractivity contribution in [3.8, 4) is 11.3 Å². The molecule has 0 radical (unpaired) electrons. The molecule has 0 aliphatic heterocycles. The number of rotatable bonds is 9. The summed E-state index contributed by atoms with van der Waals surface area (Å²) in [7, 11) is 0. The molecule has 1 aromatic carbocycles. The van der Waals surface area contributed by atoms with Gasteiger partial charge in [-0.1, -0.05) is 44.2 Å². The van der Waals surface area contributed by atoms with Crippen LogP contribution in [0.4, 0.5) is 0 Å². The van der Waals surface area contributed by atoms with Crippen molar-refractivity contribution in [1.29, 1.82) is 0 Å². The zero-order chi connectivity index (χ0) is 14.9. The molecule has 3 nitrogen and oxygen atoms in total. The number of benzene rings is 1. The Balaban J connectivity index is 1.76. The summed E-state index contributed by atoms with van der Waals surface area (Å²) in [6.07, 6.45) is 1.22. The van der Waals surface area contributed by atoms with Crippen LogP contribution in [0.2, 0.25) is 0 Å². The van der Waals surface area contributed by atoms with Crippen LogP contribution in [0.3, 0.4) is 0 Å². The van der Waals surface area contributed by atoms with Gasteiger partial charge in [0.2, 0.25) is 0 Å². The topological polar surface area (TPSA) is 28.2 Å². The molecule has 1 N–H and O–H groups in total. The first kappa shape index (κ1) is 16.1. The molecular weight excluding hydrogens is 278 g/mol. The van der Waals surface area contributed by atoms with Crippen LogP contribution < -0.4 is 5.32 Å². The Hall–Kier alpha value is -1.23. The molecule has 1 heterocycles. The Morgan fingerprint density at radius 3 is 2.67 bits per heavy atom. The number of hydrogen-bond acceptors (Lipinski definition) is 4. The van der Waals surface area contributed by atoms with E-state index in [9.17, 15) is 0 Å². The highest BCUT2D eigenvalue weighted by atomic mass is 32.1. The highest BCUT2D eigenvalue weighted by molar-refractivity contribution is 7.09. The van der Waals surface area contributed by atoms with Crippen LogP contribution in [-0.4, -0.2) is 36.1 Å². The van der Waals surface area contributed by atoms with Crippen molar-refractivity contribution < 1.29 is 0 Å². The number of aromatic nitrogens is 1. The molecule has 2 rings (SSSR count). The second-order valence-electron chi connectivity index (χ2n) is 5.10. The third kappa shape index (κ3) is 5.23. The molecule has 2 aromatic rings. The van der Waals surface area contributed by atoms with E-state index in [0.717, 1.165) is 36.9 Å². The molecule has 114 valence electrons. The fourth-order valence-electron chi connectivity index (χ4n) is 2.31. The number of nitrogens with one attached hydrogen (secondary N) is 1. The molecule has 0 aliphatic carbocycles. The molecule has 0 bridgehead atoms. The van der Waals surface area contributed by atoms with E-state index in [1.54, 1.807) is 11.3 Å². The van der Waals surface area contributed by atoms with Crippen LogP contribution in [0.5, 0.6) is 0 Å². The molecule has 4 heteroatoms. The van der Waals surface area contributed by atoms with Gasteiger partial charge < -0.3 is 10.2 Å². The second kappa shape index (κ2) is 8.93. The number of likely N-dealkylation sites (N-methyl/N-ethyl adjacent to an activating group) is 1. The van der Waals surface area contributed by atoms with Crippen molar-refractivity contribution in [3.63, 3.8) is 0 Å². The van der Waals surface area contributed by atoms with Gasteiger partial charge in [-0.05, 0) is 19.5 Å². The molecule has 0 saturated heterocycles. The predicted octanol–water partition coefficient (Wildman–Crippen LogP) is 3.63. The van der Waals surface area contributed by atoms with Crippen molar-refractivity contribution >= 4 is 11.3 Å². The Bertz CT molecular complexity index is 510. The summed E-state index contributed by atoms with van der Waals surface area (Å²) >= 11 is 1.73. The number of thiazole rings is 1. The van der Waals surface area contributed by atoms with Crippen LogP contribution in [0.1, 0.15) is 25.3 Å². The zero-order valence-electron chi connectivity index (χ0n) is 13.0. The predicted molar refractivity (Wildman–Crippen MR) is 91.7 cm³/mol. The van der Waals surface area contributed by atoms with Crippen molar-refractivity contribution in [2.24, 2.45) is 0 Å². The van der Waals surface area contributed by atoms with Crippen molar-refractivity contribution in [3.05, 3.63) is 40.7 Å². The number of nitrogens with zero attached hydrogens (tertiary/aromatic N) is 2. The van der Waals surface area contributed by atoms with Gasteiger partial charge in [-0.2, -0.15) is 0 Å². The SMILES string of the molecule is CCCN(CC)CCNCc1nc(-c2ccccc2)cs1. The van der Waals surface area contributed by atoms with E-state index < -0.39 is 0 Å². The van der Waals surface area contributed by atoms with E-state index in [2.05, 4.69) is 53.7 Å². The molecule has 0 unspecified atom stereocenters. The highest BCUT2D eigenvalue weighted by Gasteiger charge is 2.04. The molecule has 0 saturated carbocycles. The third-order valence-corrected chi connectivity index (χ3v) is 4.34. The van der Waals surface area contributed by atoms with Gasteiger partial charge in [0.15, 0.2) is 0 Å². The standard InChI is InChI=1S/C17H25N3S/c1-3-11-20(4-2)12-10-18-13-17-19-16(14-21-17)15-8-6-5-7-9-15/h5-9,14,18H,3-4,10-13H2,1-2H3. The summed E-state index contributed by atoms with van der Waals surface area (Å²) in [5.74, 6) is 0. The van der Waals surface area contributed by atoms with Gasteiger partial charge in [0, 0.05) is 30.6 Å². The van der Waals surface area contributed by atoms with E-state index in [0.29, 0.717) is 0 Å². The molecular formula is C17H25N3S. The molecule has 0 amide bonds. The van der Waals surface area contributed by atoms with Crippen LogP contribution in [-0.2, 0) is 6.54 Å². The number of hydrogen-bond donors (Lipinski definition) is 1. The fraction of sp³-hybridized carbons (Fsp3) is 0.471. The minimum absolute atomic E-state index is 0.862. The van der Waals surface area contributed by atoms with E-state index in [4.69, 9.17) is 4.98 Å². The zero-order valence-corrected chi connectivity index (χ0v) is 13.8. The first-order chi connectivity index (χ1) is 10.3.